The van der Waals surface area contributed by atoms with Crippen molar-refractivity contribution in [1.82, 2.24) is 0 Å². The monoisotopic (exact) mass is 302 g/mol. The summed E-state index contributed by atoms with van der Waals surface area (Å²) in [6.07, 6.45) is -1.34. The molecule has 120 valence electrons. The van der Waals surface area contributed by atoms with Gasteiger partial charge in [0.2, 0.25) is 0 Å². The summed E-state index contributed by atoms with van der Waals surface area (Å²) < 4.78 is 24.4. The normalized spacial score (nSPS) is 13.1. The van der Waals surface area contributed by atoms with Gasteiger partial charge in [0.1, 0.15) is 0 Å². The van der Waals surface area contributed by atoms with E-state index in [1.807, 2.05) is 0 Å². The summed E-state index contributed by atoms with van der Waals surface area (Å²) in [5.41, 5.74) is 0.204. The summed E-state index contributed by atoms with van der Waals surface area (Å²) >= 11 is 0. The van der Waals surface area contributed by atoms with E-state index in [0.717, 1.165) is 0 Å². The van der Waals surface area contributed by atoms with Gasteiger partial charge in [0.25, 0.3) is 0 Å². The standard InChI is InChI=1S/C14H22O7/c1-9(13(15)20-11(3)17-5)7-19-8-10(2)14(16)21-12(4)18-6/h11-12H,1-2,7-8H2,3-6H3. The Morgan fingerprint density at radius 2 is 1.19 bits per heavy atom. The molecule has 0 fully saturated rings. The molecule has 7 heteroatoms. The van der Waals surface area contributed by atoms with Crippen molar-refractivity contribution in [3.63, 3.8) is 0 Å². The highest BCUT2D eigenvalue weighted by Gasteiger charge is 2.15. The molecule has 0 bridgehead atoms. The van der Waals surface area contributed by atoms with Crippen LogP contribution in [-0.4, -0.2) is 52.0 Å². The maximum absolute atomic E-state index is 11.5. The zero-order valence-corrected chi connectivity index (χ0v) is 12.8. The van der Waals surface area contributed by atoms with Gasteiger partial charge in [0.05, 0.1) is 24.4 Å². The predicted octanol–water partition coefficient (Wildman–Crippen LogP) is 1.19. The first-order chi connectivity index (χ1) is 9.81. The molecule has 0 spiro atoms. The number of carbonyl (C=O) groups is 2. The van der Waals surface area contributed by atoms with E-state index in [1.165, 1.54) is 14.2 Å². The van der Waals surface area contributed by atoms with Crippen molar-refractivity contribution >= 4 is 11.9 Å². The fourth-order valence-electron chi connectivity index (χ4n) is 0.980. The van der Waals surface area contributed by atoms with Crippen LogP contribution in [0.5, 0.6) is 0 Å². The van der Waals surface area contributed by atoms with Crippen LogP contribution in [0.25, 0.3) is 0 Å². The zero-order chi connectivity index (χ0) is 16.4. The maximum Gasteiger partial charge on any atom is 0.338 e. The lowest BCUT2D eigenvalue weighted by molar-refractivity contribution is -0.165. The Morgan fingerprint density at radius 1 is 0.857 bits per heavy atom. The van der Waals surface area contributed by atoms with Crippen LogP contribution in [0.2, 0.25) is 0 Å². The van der Waals surface area contributed by atoms with Gasteiger partial charge in [0, 0.05) is 14.2 Å². The molecule has 0 saturated heterocycles. The number of hydrogen-bond donors (Lipinski definition) is 0. The summed E-state index contributed by atoms with van der Waals surface area (Å²) in [4.78, 5) is 23.0. The lowest BCUT2D eigenvalue weighted by Gasteiger charge is -2.14. The highest BCUT2D eigenvalue weighted by atomic mass is 16.7. The van der Waals surface area contributed by atoms with Crippen LogP contribution in [-0.2, 0) is 33.3 Å². The molecule has 0 amide bonds. The number of rotatable bonds is 10. The maximum atomic E-state index is 11.5. The van der Waals surface area contributed by atoms with Gasteiger partial charge < -0.3 is 23.7 Å². The minimum atomic E-state index is -0.672. The van der Waals surface area contributed by atoms with Crippen molar-refractivity contribution < 1.29 is 33.3 Å². The van der Waals surface area contributed by atoms with Gasteiger partial charge in [-0.3, -0.25) is 0 Å². The van der Waals surface area contributed by atoms with E-state index in [1.54, 1.807) is 13.8 Å². The second-order valence-electron chi connectivity index (χ2n) is 4.12. The number of carbonyl (C=O) groups excluding carboxylic acids is 2. The lowest BCUT2D eigenvalue weighted by atomic mass is 10.3. The number of ether oxygens (including phenoxy) is 5. The molecule has 0 saturated carbocycles. The minimum absolute atomic E-state index is 0.0958. The van der Waals surface area contributed by atoms with Crippen LogP contribution in [0.1, 0.15) is 13.8 Å². The van der Waals surface area contributed by atoms with Crippen LogP contribution in [0.3, 0.4) is 0 Å². The van der Waals surface area contributed by atoms with Gasteiger partial charge >= 0.3 is 11.9 Å². The van der Waals surface area contributed by atoms with E-state index in [2.05, 4.69) is 13.2 Å². The first-order valence-corrected chi connectivity index (χ1v) is 6.22. The largest absolute Gasteiger partial charge is 0.433 e. The molecule has 0 aromatic rings. The van der Waals surface area contributed by atoms with Crippen LogP contribution < -0.4 is 0 Å². The Morgan fingerprint density at radius 3 is 1.48 bits per heavy atom. The van der Waals surface area contributed by atoms with E-state index in [9.17, 15) is 9.59 Å². The lowest BCUT2D eigenvalue weighted by Crippen LogP contribution is -2.21. The third-order valence-corrected chi connectivity index (χ3v) is 2.34. The number of hydrogen-bond acceptors (Lipinski definition) is 7. The van der Waals surface area contributed by atoms with Gasteiger partial charge in [-0.1, -0.05) is 13.2 Å². The van der Waals surface area contributed by atoms with Crippen LogP contribution in [0.4, 0.5) is 0 Å². The molecule has 2 atom stereocenters. The molecule has 7 nitrogen and oxygen atoms in total. The first-order valence-electron chi connectivity index (χ1n) is 6.22. The summed E-state index contributed by atoms with van der Waals surface area (Å²) in [5, 5.41) is 0. The van der Waals surface area contributed by atoms with Crippen LogP contribution in [0, 0.1) is 0 Å². The molecule has 0 rings (SSSR count). The zero-order valence-electron chi connectivity index (χ0n) is 12.8. The van der Waals surface area contributed by atoms with Gasteiger partial charge in [-0.25, -0.2) is 9.59 Å². The summed E-state index contributed by atoms with van der Waals surface area (Å²) in [7, 11) is 2.82. The summed E-state index contributed by atoms with van der Waals surface area (Å²) in [6.45, 7) is 10.00. The van der Waals surface area contributed by atoms with Crippen molar-refractivity contribution in [3.8, 4) is 0 Å². The molecule has 0 aromatic carbocycles. The first kappa shape index (κ1) is 19.3. The molecule has 0 aliphatic carbocycles. The van der Waals surface area contributed by atoms with E-state index in [-0.39, 0.29) is 24.4 Å². The Kier molecular flexibility index (Phi) is 9.27. The number of methoxy groups -OCH3 is 2. The van der Waals surface area contributed by atoms with Crippen LogP contribution >= 0.6 is 0 Å². The Balaban J connectivity index is 4.02. The Bertz CT molecular complexity index is 353. The van der Waals surface area contributed by atoms with Crippen LogP contribution in [0.15, 0.2) is 24.3 Å². The van der Waals surface area contributed by atoms with Gasteiger partial charge in [-0.05, 0) is 13.8 Å². The fourth-order valence-corrected chi connectivity index (χ4v) is 0.980. The SMILES string of the molecule is C=C(COCC(=C)C(=O)OC(C)OC)C(=O)OC(C)OC. The fraction of sp³-hybridized carbons (Fsp3) is 0.571. The average Bonchev–Trinajstić information content (AvgIpc) is 2.46. The Hall–Kier alpha value is -1.70. The van der Waals surface area contributed by atoms with Crippen molar-refractivity contribution in [2.75, 3.05) is 27.4 Å². The van der Waals surface area contributed by atoms with E-state index in [4.69, 9.17) is 23.7 Å². The second kappa shape index (κ2) is 10.1. The van der Waals surface area contributed by atoms with E-state index in [0.29, 0.717) is 0 Å². The van der Waals surface area contributed by atoms with Crippen molar-refractivity contribution in [1.29, 1.82) is 0 Å². The van der Waals surface area contributed by atoms with Crippen molar-refractivity contribution in [2.45, 2.75) is 26.4 Å². The molecule has 0 N–H and O–H groups in total. The predicted molar refractivity (Wildman–Crippen MR) is 74.2 cm³/mol. The summed E-state index contributed by atoms with van der Waals surface area (Å²) in [5.74, 6) is -1.27. The molecule has 0 radical (unpaired) electrons. The van der Waals surface area contributed by atoms with Gasteiger partial charge in [0.15, 0.2) is 12.6 Å². The average molecular weight is 302 g/mol. The third kappa shape index (κ3) is 8.23. The highest BCUT2D eigenvalue weighted by molar-refractivity contribution is 5.88. The van der Waals surface area contributed by atoms with Crippen molar-refractivity contribution in [3.05, 3.63) is 24.3 Å². The Labute approximate surface area is 124 Å². The van der Waals surface area contributed by atoms with E-state index >= 15 is 0 Å². The van der Waals surface area contributed by atoms with Gasteiger partial charge in [-0.2, -0.15) is 0 Å². The number of esters is 2. The molecule has 0 aliphatic heterocycles. The quantitative estimate of drug-likeness (QED) is 0.340. The molecule has 21 heavy (non-hydrogen) atoms. The molecule has 2 unspecified atom stereocenters. The second-order valence-corrected chi connectivity index (χ2v) is 4.12. The van der Waals surface area contributed by atoms with Gasteiger partial charge in [-0.15, -0.1) is 0 Å². The minimum Gasteiger partial charge on any atom is -0.433 e. The molecular formula is C14H22O7. The van der Waals surface area contributed by atoms with E-state index < -0.39 is 24.5 Å². The van der Waals surface area contributed by atoms with Crippen molar-refractivity contribution in [2.24, 2.45) is 0 Å². The molecular weight excluding hydrogens is 280 g/mol. The highest BCUT2D eigenvalue weighted by Crippen LogP contribution is 2.04. The topological polar surface area (TPSA) is 80.3 Å². The molecule has 0 heterocycles. The molecule has 0 aliphatic rings. The summed E-state index contributed by atoms with van der Waals surface area (Å²) in [6, 6.07) is 0. The third-order valence-electron chi connectivity index (χ3n) is 2.34. The molecule has 0 aromatic heterocycles. The smallest absolute Gasteiger partial charge is 0.338 e.